The van der Waals surface area contributed by atoms with Crippen LogP contribution in [0.5, 0.6) is 0 Å². The Morgan fingerprint density at radius 3 is 1.46 bits per heavy atom. The molecule has 9 aromatic rings. The number of rotatable bonds is 3. The SMILES string of the molecule is CC1(C)c2ccccc2-c2c(N(c3ccc4sc5ccccc5c4c3)c3cc4ccccc4c4c3-c3ccccc3C4(C)C)cc3ccccc3c21. The van der Waals surface area contributed by atoms with Gasteiger partial charge in [-0.05, 0) is 91.3 Å². The first-order valence-electron chi connectivity index (χ1n) is 18.4. The Labute approximate surface area is 308 Å². The minimum absolute atomic E-state index is 0.166. The molecule has 0 unspecified atom stereocenters. The van der Waals surface area contributed by atoms with Gasteiger partial charge in [0.2, 0.25) is 0 Å². The maximum Gasteiger partial charge on any atom is 0.0549 e. The Balaban J connectivity index is 1.34. The third-order valence-electron chi connectivity index (χ3n) is 12.1. The average molecular weight is 684 g/mol. The molecule has 0 N–H and O–H groups in total. The van der Waals surface area contributed by atoms with Gasteiger partial charge in [-0.3, -0.25) is 0 Å². The number of hydrogen-bond acceptors (Lipinski definition) is 2. The second-order valence-electron chi connectivity index (χ2n) is 15.7. The standard InChI is InChI=1S/C50H37NS/c1-49(2)39-22-12-9-20-36(39)45-41(27-30-15-5-7-17-33(30)47(45)49)51(32-25-26-44-38(29-32)35-19-11-14-24-43(35)52-44)42-28-31-16-6-8-18-34(31)48-46(42)37-21-10-13-23-40(37)50(48,3)4/h5-29H,1-4H3. The fourth-order valence-electron chi connectivity index (χ4n) is 9.88. The van der Waals surface area contributed by atoms with Gasteiger partial charge in [-0.15, -0.1) is 11.3 Å². The van der Waals surface area contributed by atoms with E-state index in [2.05, 4.69) is 184 Å². The summed E-state index contributed by atoms with van der Waals surface area (Å²) in [6.45, 7) is 9.64. The zero-order chi connectivity index (χ0) is 34.9. The molecular weight excluding hydrogens is 647 g/mol. The lowest BCUT2D eigenvalue weighted by molar-refractivity contribution is 0.666. The van der Waals surface area contributed by atoms with Crippen molar-refractivity contribution >= 4 is 70.1 Å². The van der Waals surface area contributed by atoms with Crippen molar-refractivity contribution in [1.82, 2.24) is 0 Å². The Kier molecular flexibility index (Phi) is 6.02. The van der Waals surface area contributed by atoms with Gasteiger partial charge in [0, 0.05) is 47.8 Å². The van der Waals surface area contributed by atoms with Crippen LogP contribution in [-0.2, 0) is 10.8 Å². The summed E-state index contributed by atoms with van der Waals surface area (Å²) in [6.07, 6.45) is 0. The zero-order valence-corrected chi connectivity index (χ0v) is 30.6. The van der Waals surface area contributed by atoms with Crippen LogP contribution in [-0.4, -0.2) is 0 Å². The largest absolute Gasteiger partial charge is 0.309 e. The van der Waals surface area contributed by atoms with Crippen molar-refractivity contribution in [2.45, 2.75) is 38.5 Å². The van der Waals surface area contributed by atoms with E-state index in [0.717, 1.165) is 0 Å². The molecule has 0 radical (unpaired) electrons. The van der Waals surface area contributed by atoms with Gasteiger partial charge < -0.3 is 4.90 Å². The minimum atomic E-state index is -0.166. The van der Waals surface area contributed by atoms with Gasteiger partial charge in [0.25, 0.3) is 0 Å². The van der Waals surface area contributed by atoms with Crippen LogP contribution in [0.25, 0.3) is 64.0 Å². The lowest BCUT2D eigenvalue weighted by Crippen LogP contribution is -2.18. The summed E-state index contributed by atoms with van der Waals surface area (Å²) in [6, 6.07) is 57.2. The average Bonchev–Trinajstić information content (AvgIpc) is 3.75. The molecule has 11 rings (SSSR count). The van der Waals surface area contributed by atoms with Crippen LogP contribution in [0.1, 0.15) is 49.9 Å². The van der Waals surface area contributed by atoms with Crippen LogP contribution in [0.4, 0.5) is 17.1 Å². The van der Waals surface area contributed by atoms with Gasteiger partial charge in [0.15, 0.2) is 0 Å². The highest BCUT2D eigenvalue weighted by atomic mass is 32.1. The van der Waals surface area contributed by atoms with Crippen LogP contribution >= 0.6 is 11.3 Å². The monoisotopic (exact) mass is 683 g/mol. The quantitative estimate of drug-likeness (QED) is 0.179. The predicted molar refractivity (Wildman–Crippen MR) is 224 cm³/mol. The number of thiophene rings is 1. The molecule has 1 heterocycles. The van der Waals surface area contributed by atoms with Crippen molar-refractivity contribution in [1.29, 1.82) is 0 Å². The summed E-state index contributed by atoms with van der Waals surface area (Å²) in [5.74, 6) is 0. The molecule has 1 nitrogen and oxygen atoms in total. The molecule has 8 aromatic carbocycles. The molecule has 0 amide bonds. The normalized spacial score (nSPS) is 14.8. The summed E-state index contributed by atoms with van der Waals surface area (Å²) in [5.41, 5.74) is 14.2. The topological polar surface area (TPSA) is 3.24 Å². The highest BCUT2D eigenvalue weighted by Gasteiger charge is 2.42. The molecule has 2 heteroatoms. The molecule has 0 saturated heterocycles. The van der Waals surface area contributed by atoms with Crippen LogP contribution in [0, 0.1) is 0 Å². The van der Waals surface area contributed by atoms with E-state index >= 15 is 0 Å². The third kappa shape index (κ3) is 3.88. The second-order valence-corrected chi connectivity index (χ2v) is 16.8. The summed E-state index contributed by atoms with van der Waals surface area (Å²) >= 11 is 1.88. The van der Waals surface area contributed by atoms with Gasteiger partial charge in [-0.1, -0.05) is 143 Å². The molecule has 248 valence electrons. The Bertz CT molecular complexity index is 2830. The number of fused-ring (bicyclic) bond motifs is 13. The van der Waals surface area contributed by atoms with Crippen molar-refractivity contribution in [3.05, 3.63) is 174 Å². The predicted octanol–water partition coefficient (Wildman–Crippen LogP) is 14.4. The Hall–Kier alpha value is -5.70. The van der Waals surface area contributed by atoms with Gasteiger partial charge >= 0.3 is 0 Å². The number of anilines is 3. The fraction of sp³-hybridized carbons (Fsp3) is 0.120. The molecular formula is C50H37NS. The Morgan fingerprint density at radius 1 is 0.423 bits per heavy atom. The molecule has 0 spiro atoms. The maximum absolute atomic E-state index is 2.62. The molecule has 52 heavy (non-hydrogen) atoms. The molecule has 0 atom stereocenters. The first kappa shape index (κ1) is 30.0. The lowest BCUT2D eigenvalue weighted by Gasteiger charge is -2.32. The van der Waals surface area contributed by atoms with Crippen LogP contribution in [0.15, 0.2) is 152 Å². The first-order valence-corrected chi connectivity index (χ1v) is 19.2. The highest BCUT2D eigenvalue weighted by Crippen LogP contribution is 2.60. The first-order chi connectivity index (χ1) is 25.3. The van der Waals surface area contributed by atoms with Crippen molar-refractivity contribution in [2.24, 2.45) is 0 Å². The van der Waals surface area contributed by atoms with Crippen LogP contribution in [0.2, 0.25) is 0 Å². The summed E-state index contributed by atoms with van der Waals surface area (Å²) in [5, 5.41) is 7.81. The van der Waals surface area contributed by atoms with Gasteiger partial charge in [-0.25, -0.2) is 0 Å². The minimum Gasteiger partial charge on any atom is -0.309 e. The smallest absolute Gasteiger partial charge is 0.0549 e. The van der Waals surface area contributed by atoms with Gasteiger partial charge in [0.05, 0.1) is 11.4 Å². The molecule has 0 fully saturated rings. The maximum atomic E-state index is 2.62. The molecule has 2 aliphatic rings. The van der Waals surface area contributed by atoms with E-state index < -0.39 is 0 Å². The van der Waals surface area contributed by atoms with E-state index in [1.807, 2.05) is 11.3 Å². The van der Waals surface area contributed by atoms with Crippen molar-refractivity contribution in [3.8, 4) is 22.3 Å². The van der Waals surface area contributed by atoms with Gasteiger partial charge in [-0.2, -0.15) is 0 Å². The summed E-state index contributed by atoms with van der Waals surface area (Å²) < 4.78 is 2.64. The van der Waals surface area contributed by atoms with E-state index in [9.17, 15) is 0 Å². The van der Waals surface area contributed by atoms with E-state index in [0.29, 0.717) is 0 Å². The van der Waals surface area contributed by atoms with Crippen molar-refractivity contribution in [3.63, 3.8) is 0 Å². The molecule has 1 aromatic heterocycles. The summed E-state index contributed by atoms with van der Waals surface area (Å²) in [7, 11) is 0. The lowest BCUT2D eigenvalue weighted by atomic mass is 9.79. The van der Waals surface area contributed by atoms with E-state index in [-0.39, 0.29) is 10.8 Å². The number of benzene rings is 8. The molecule has 2 aliphatic carbocycles. The van der Waals surface area contributed by atoms with Crippen molar-refractivity contribution < 1.29 is 0 Å². The highest BCUT2D eigenvalue weighted by molar-refractivity contribution is 7.25. The number of hydrogen-bond donors (Lipinski definition) is 0. The zero-order valence-electron chi connectivity index (χ0n) is 29.8. The van der Waals surface area contributed by atoms with E-state index in [1.165, 1.54) is 103 Å². The Morgan fingerprint density at radius 2 is 0.885 bits per heavy atom. The number of nitrogens with zero attached hydrogens (tertiary/aromatic N) is 1. The molecule has 0 saturated carbocycles. The summed E-state index contributed by atoms with van der Waals surface area (Å²) in [4.78, 5) is 2.62. The van der Waals surface area contributed by atoms with Crippen LogP contribution in [0.3, 0.4) is 0 Å². The molecule has 0 aliphatic heterocycles. The van der Waals surface area contributed by atoms with Gasteiger partial charge in [0.1, 0.15) is 0 Å². The van der Waals surface area contributed by atoms with E-state index in [4.69, 9.17) is 0 Å². The second kappa shape index (κ2) is 10.4. The van der Waals surface area contributed by atoms with Crippen LogP contribution < -0.4 is 4.90 Å². The van der Waals surface area contributed by atoms with E-state index in [1.54, 1.807) is 0 Å². The fourth-order valence-corrected chi connectivity index (χ4v) is 11.0. The van der Waals surface area contributed by atoms with Crippen molar-refractivity contribution in [2.75, 3.05) is 4.90 Å². The third-order valence-corrected chi connectivity index (χ3v) is 13.3. The molecule has 0 bridgehead atoms.